The summed E-state index contributed by atoms with van der Waals surface area (Å²) >= 11 is 0. The zero-order valence-corrected chi connectivity index (χ0v) is 12.3. The van der Waals surface area contributed by atoms with E-state index in [9.17, 15) is 4.79 Å². The molecule has 1 heterocycles. The van der Waals surface area contributed by atoms with Gasteiger partial charge < -0.3 is 15.7 Å². The van der Waals surface area contributed by atoms with E-state index in [0.29, 0.717) is 12.3 Å². The molecule has 1 fully saturated rings. The van der Waals surface area contributed by atoms with Gasteiger partial charge in [0, 0.05) is 18.8 Å². The lowest BCUT2D eigenvalue weighted by Gasteiger charge is -2.31. The average molecular weight is 276 g/mol. The molecule has 0 aromatic heterocycles. The normalized spacial score (nSPS) is 22.2. The summed E-state index contributed by atoms with van der Waals surface area (Å²) in [5.41, 5.74) is 1.60. The summed E-state index contributed by atoms with van der Waals surface area (Å²) in [4.78, 5) is 12.6. The minimum Gasteiger partial charge on any atom is -0.396 e. The molecule has 0 bridgehead atoms. The van der Waals surface area contributed by atoms with Crippen LogP contribution in [-0.2, 0) is 11.2 Å². The second-order valence-electron chi connectivity index (χ2n) is 5.86. The number of carbonyl (C=O) groups is 1. The van der Waals surface area contributed by atoms with Gasteiger partial charge in [-0.05, 0) is 43.0 Å². The van der Waals surface area contributed by atoms with Gasteiger partial charge in [-0.2, -0.15) is 0 Å². The molecule has 2 rings (SSSR count). The number of anilines is 1. The molecule has 0 spiro atoms. The minimum atomic E-state index is -0.302. The van der Waals surface area contributed by atoms with Gasteiger partial charge in [0.15, 0.2) is 0 Å². The number of carbonyl (C=O) groups excluding carboxylic acids is 1. The van der Waals surface area contributed by atoms with E-state index in [4.69, 9.17) is 5.11 Å². The molecule has 110 valence electrons. The van der Waals surface area contributed by atoms with E-state index in [0.717, 1.165) is 30.8 Å². The number of hydrogen-bond donors (Lipinski definition) is 3. The SMILES string of the molecule is CC(C)C1(C(=O)Nc2ccc(CCO)cc2)CCNC1. The fourth-order valence-corrected chi connectivity index (χ4v) is 2.80. The van der Waals surface area contributed by atoms with Gasteiger partial charge >= 0.3 is 0 Å². The standard InChI is InChI=1S/C16H24N2O2/c1-12(2)16(8-9-17-11-16)15(20)18-14-5-3-13(4-6-14)7-10-19/h3-6,12,17,19H,7-11H2,1-2H3,(H,18,20). The number of benzene rings is 1. The van der Waals surface area contributed by atoms with E-state index in [1.165, 1.54) is 0 Å². The van der Waals surface area contributed by atoms with Crippen LogP contribution in [0.2, 0.25) is 0 Å². The van der Waals surface area contributed by atoms with Crippen LogP contribution in [0.15, 0.2) is 24.3 Å². The fraction of sp³-hybridized carbons (Fsp3) is 0.562. The highest BCUT2D eigenvalue weighted by atomic mass is 16.2. The van der Waals surface area contributed by atoms with Crippen LogP contribution in [-0.4, -0.2) is 30.7 Å². The number of hydrogen-bond acceptors (Lipinski definition) is 3. The highest BCUT2D eigenvalue weighted by molar-refractivity contribution is 5.96. The van der Waals surface area contributed by atoms with Crippen molar-refractivity contribution in [1.82, 2.24) is 5.32 Å². The number of nitrogens with one attached hydrogen (secondary N) is 2. The number of aliphatic hydroxyl groups excluding tert-OH is 1. The van der Waals surface area contributed by atoms with E-state index in [1.807, 2.05) is 24.3 Å². The first kappa shape index (κ1) is 15.0. The lowest BCUT2D eigenvalue weighted by atomic mass is 9.75. The highest BCUT2D eigenvalue weighted by Gasteiger charge is 2.43. The summed E-state index contributed by atoms with van der Waals surface area (Å²) in [5.74, 6) is 0.415. The van der Waals surface area contributed by atoms with Crippen molar-refractivity contribution >= 4 is 11.6 Å². The van der Waals surface area contributed by atoms with E-state index in [-0.39, 0.29) is 17.9 Å². The lowest BCUT2D eigenvalue weighted by molar-refractivity contribution is -0.126. The van der Waals surface area contributed by atoms with E-state index < -0.39 is 0 Å². The Morgan fingerprint density at radius 2 is 2.10 bits per heavy atom. The Bertz CT molecular complexity index is 448. The van der Waals surface area contributed by atoms with Crippen LogP contribution < -0.4 is 10.6 Å². The Labute approximate surface area is 120 Å². The molecule has 20 heavy (non-hydrogen) atoms. The summed E-state index contributed by atoms with van der Waals surface area (Å²) in [5, 5.41) is 15.2. The van der Waals surface area contributed by atoms with Crippen LogP contribution in [0.25, 0.3) is 0 Å². The molecular weight excluding hydrogens is 252 g/mol. The van der Waals surface area contributed by atoms with E-state index >= 15 is 0 Å². The van der Waals surface area contributed by atoms with Crippen molar-refractivity contribution in [2.24, 2.45) is 11.3 Å². The van der Waals surface area contributed by atoms with Crippen LogP contribution in [0.4, 0.5) is 5.69 Å². The summed E-state index contributed by atoms with van der Waals surface area (Å²) in [6.45, 7) is 6.02. The maximum absolute atomic E-state index is 12.6. The van der Waals surface area contributed by atoms with Crippen molar-refractivity contribution in [3.05, 3.63) is 29.8 Å². The quantitative estimate of drug-likeness (QED) is 0.768. The molecule has 4 nitrogen and oxygen atoms in total. The zero-order chi connectivity index (χ0) is 14.6. The summed E-state index contributed by atoms with van der Waals surface area (Å²) in [7, 11) is 0. The van der Waals surface area contributed by atoms with Crippen LogP contribution in [0.1, 0.15) is 25.8 Å². The predicted octanol–water partition coefficient (Wildman–Crippen LogP) is 1.80. The molecule has 1 aromatic carbocycles. The number of rotatable bonds is 5. The van der Waals surface area contributed by atoms with Crippen LogP contribution >= 0.6 is 0 Å². The van der Waals surface area contributed by atoms with E-state index in [2.05, 4.69) is 24.5 Å². The average Bonchev–Trinajstić information content (AvgIpc) is 2.92. The number of amides is 1. The molecule has 1 saturated heterocycles. The monoisotopic (exact) mass is 276 g/mol. The summed E-state index contributed by atoms with van der Waals surface area (Å²) in [6.07, 6.45) is 1.53. The van der Waals surface area contributed by atoms with Crippen molar-refractivity contribution in [2.45, 2.75) is 26.7 Å². The molecule has 1 aliphatic heterocycles. The van der Waals surface area contributed by atoms with Crippen molar-refractivity contribution in [3.63, 3.8) is 0 Å². The van der Waals surface area contributed by atoms with Crippen molar-refractivity contribution in [2.75, 3.05) is 25.0 Å². The van der Waals surface area contributed by atoms with Gasteiger partial charge in [0.1, 0.15) is 0 Å². The minimum absolute atomic E-state index is 0.104. The first-order chi connectivity index (χ1) is 9.58. The third-order valence-electron chi connectivity index (χ3n) is 4.36. The molecule has 0 saturated carbocycles. The maximum atomic E-state index is 12.6. The van der Waals surface area contributed by atoms with Crippen molar-refractivity contribution < 1.29 is 9.90 Å². The summed E-state index contributed by atoms with van der Waals surface area (Å²) in [6, 6.07) is 7.69. The molecule has 1 aliphatic rings. The first-order valence-corrected chi connectivity index (χ1v) is 7.30. The van der Waals surface area contributed by atoms with Crippen molar-refractivity contribution in [3.8, 4) is 0 Å². The molecule has 3 N–H and O–H groups in total. The molecule has 1 aromatic rings. The van der Waals surface area contributed by atoms with Gasteiger partial charge in [-0.1, -0.05) is 26.0 Å². The van der Waals surface area contributed by atoms with Gasteiger partial charge in [-0.3, -0.25) is 4.79 Å². The first-order valence-electron chi connectivity index (χ1n) is 7.30. The van der Waals surface area contributed by atoms with Crippen LogP contribution in [0.3, 0.4) is 0 Å². The molecule has 1 atom stereocenters. The third-order valence-corrected chi connectivity index (χ3v) is 4.36. The maximum Gasteiger partial charge on any atom is 0.232 e. The second kappa shape index (κ2) is 6.37. The predicted molar refractivity (Wildman–Crippen MR) is 80.6 cm³/mol. The molecule has 1 amide bonds. The molecule has 1 unspecified atom stereocenters. The second-order valence-corrected chi connectivity index (χ2v) is 5.86. The van der Waals surface area contributed by atoms with Crippen LogP contribution in [0, 0.1) is 11.3 Å². The highest BCUT2D eigenvalue weighted by Crippen LogP contribution is 2.35. The fourth-order valence-electron chi connectivity index (χ4n) is 2.80. The summed E-state index contributed by atoms with van der Waals surface area (Å²) < 4.78 is 0. The zero-order valence-electron chi connectivity index (χ0n) is 12.3. The van der Waals surface area contributed by atoms with Crippen LogP contribution in [0.5, 0.6) is 0 Å². The van der Waals surface area contributed by atoms with Gasteiger partial charge in [0.2, 0.25) is 5.91 Å². The smallest absolute Gasteiger partial charge is 0.232 e. The van der Waals surface area contributed by atoms with E-state index in [1.54, 1.807) is 0 Å². The third kappa shape index (κ3) is 3.02. The van der Waals surface area contributed by atoms with Gasteiger partial charge in [0.05, 0.1) is 5.41 Å². The Kier molecular flexibility index (Phi) is 4.78. The Balaban J connectivity index is 2.06. The number of aliphatic hydroxyl groups is 1. The van der Waals surface area contributed by atoms with Gasteiger partial charge in [0.25, 0.3) is 0 Å². The Morgan fingerprint density at radius 1 is 1.40 bits per heavy atom. The topological polar surface area (TPSA) is 61.4 Å². The van der Waals surface area contributed by atoms with Gasteiger partial charge in [-0.25, -0.2) is 0 Å². The molecule has 0 radical (unpaired) electrons. The Morgan fingerprint density at radius 3 is 2.60 bits per heavy atom. The van der Waals surface area contributed by atoms with Gasteiger partial charge in [-0.15, -0.1) is 0 Å². The lowest BCUT2D eigenvalue weighted by Crippen LogP contribution is -2.42. The largest absolute Gasteiger partial charge is 0.396 e. The van der Waals surface area contributed by atoms with Crippen molar-refractivity contribution in [1.29, 1.82) is 0 Å². The molecule has 0 aliphatic carbocycles. The molecule has 4 heteroatoms. The Hall–Kier alpha value is -1.39. The molecular formula is C16H24N2O2.